The minimum absolute atomic E-state index is 0.0399. The number of hydrogen-bond donors (Lipinski definition) is 2. The highest BCUT2D eigenvalue weighted by atomic mass is 16.6. The molecule has 0 spiro atoms. The second kappa shape index (κ2) is 7.35. The zero-order valence-electron chi connectivity index (χ0n) is 10.3. The molecule has 1 rings (SSSR count). The van der Waals surface area contributed by atoms with Crippen LogP contribution in [-0.4, -0.2) is 47.3 Å². The molecule has 9 nitrogen and oxygen atoms in total. The van der Waals surface area contributed by atoms with Crippen molar-refractivity contribution in [3.8, 4) is 0 Å². The lowest BCUT2D eigenvalue weighted by Gasteiger charge is -2.14. The Balaban J connectivity index is 2.91. The van der Waals surface area contributed by atoms with Gasteiger partial charge in [-0.05, 0) is 6.92 Å². The highest BCUT2D eigenvalue weighted by molar-refractivity contribution is 5.34. The first kappa shape index (κ1) is 14.1. The van der Waals surface area contributed by atoms with Crippen molar-refractivity contribution in [3.63, 3.8) is 0 Å². The van der Waals surface area contributed by atoms with Crippen LogP contribution in [0.2, 0.25) is 0 Å². The second-order valence-corrected chi connectivity index (χ2v) is 3.10. The van der Waals surface area contributed by atoms with Gasteiger partial charge < -0.3 is 14.9 Å². The van der Waals surface area contributed by atoms with Crippen LogP contribution >= 0.6 is 0 Å². The number of nitrogens with one attached hydrogen (secondary N) is 1. The Hall–Kier alpha value is -2.00. The molecule has 100 valence electrons. The summed E-state index contributed by atoms with van der Waals surface area (Å²) in [6, 6.07) is 0. The van der Waals surface area contributed by atoms with Gasteiger partial charge in [0.25, 0.3) is 5.95 Å². The molecule has 1 aromatic heterocycles. The predicted molar refractivity (Wildman–Crippen MR) is 64.5 cm³/mol. The molecule has 0 bridgehead atoms. The molecule has 0 amide bonds. The van der Waals surface area contributed by atoms with E-state index in [1.807, 2.05) is 0 Å². The van der Waals surface area contributed by atoms with Gasteiger partial charge >= 0.3 is 0 Å². The third-order valence-corrected chi connectivity index (χ3v) is 1.86. The summed E-state index contributed by atoms with van der Waals surface area (Å²) >= 11 is 0. The molecule has 0 aliphatic heterocycles. The van der Waals surface area contributed by atoms with Crippen LogP contribution in [0.3, 0.4) is 0 Å². The van der Waals surface area contributed by atoms with Gasteiger partial charge in [0.1, 0.15) is 6.73 Å². The van der Waals surface area contributed by atoms with Gasteiger partial charge in [-0.3, -0.25) is 5.21 Å². The number of methoxy groups -OCH3 is 1. The van der Waals surface area contributed by atoms with Crippen molar-refractivity contribution in [2.24, 2.45) is 5.16 Å². The lowest BCUT2D eigenvalue weighted by atomic mass is 10.6. The van der Waals surface area contributed by atoms with Crippen molar-refractivity contribution in [1.82, 2.24) is 15.0 Å². The largest absolute Gasteiger partial charge is 0.388 e. The lowest BCUT2D eigenvalue weighted by Crippen LogP contribution is -2.22. The molecular weight excluding hydrogens is 240 g/mol. The van der Waals surface area contributed by atoms with Crippen molar-refractivity contribution >= 4 is 18.6 Å². The van der Waals surface area contributed by atoms with Crippen LogP contribution < -0.4 is 10.4 Å². The maximum absolute atomic E-state index is 9.57. The van der Waals surface area contributed by atoms with Crippen LogP contribution in [0.25, 0.3) is 0 Å². The van der Waals surface area contributed by atoms with E-state index in [9.17, 15) is 5.21 Å². The molecule has 9 heteroatoms. The van der Waals surface area contributed by atoms with Crippen LogP contribution in [0.15, 0.2) is 5.16 Å². The fourth-order valence-electron chi connectivity index (χ4n) is 1.05. The maximum atomic E-state index is 9.57. The van der Waals surface area contributed by atoms with E-state index in [1.165, 1.54) is 7.11 Å². The van der Waals surface area contributed by atoms with Gasteiger partial charge in [0, 0.05) is 20.4 Å². The predicted octanol–water partition coefficient (Wildman–Crippen LogP) is 0.235. The van der Waals surface area contributed by atoms with Gasteiger partial charge in [-0.2, -0.15) is 15.0 Å². The minimum atomic E-state index is 0.0399. The smallest absolute Gasteiger partial charge is 0.254 e. The first-order chi connectivity index (χ1) is 8.71. The van der Waals surface area contributed by atoms with E-state index in [-0.39, 0.29) is 25.2 Å². The lowest BCUT2D eigenvalue weighted by molar-refractivity contribution is 0.127. The van der Waals surface area contributed by atoms with E-state index in [0.29, 0.717) is 12.4 Å². The van der Waals surface area contributed by atoms with Crippen LogP contribution in [0.4, 0.5) is 11.9 Å². The third-order valence-electron chi connectivity index (χ3n) is 1.86. The molecule has 0 unspecified atom stereocenters. The van der Waals surface area contributed by atoms with Crippen LogP contribution in [0.1, 0.15) is 12.7 Å². The van der Waals surface area contributed by atoms with Gasteiger partial charge in [0.15, 0.2) is 12.4 Å². The molecule has 0 fully saturated rings. The molecule has 0 aromatic carbocycles. The summed E-state index contributed by atoms with van der Waals surface area (Å²) in [4.78, 5) is 16.8. The number of nitrogens with zero attached hydrogens (tertiary/aromatic N) is 5. The van der Waals surface area contributed by atoms with E-state index in [1.54, 1.807) is 6.92 Å². The van der Waals surface area contributed by atoms with Gasteiger partial charge in [-0.25, -0.2) is 5.06 Å². The van der Waals surface area contributed by atoms with Gasteiger partial charge in [-0.15, -0.1) is 5.16 Å². The Morgan fingerprint density at radius 3 is 2.83 bits per heavy atom. The Labute approximate surface area is 104 Å². The molecule has 0 saturated carbocycles. The molecule has 18 heavy (non-hydrogen) atoms. The van der Waals surface area contributed by atoms with Crippen molar-refractivity contribution in [3.05, 3.63) is 5.82 Å². The van der Waals surface area contributed by atoms with Crippen LogP contribution in [0.5, 0.6) is 0 Å². The summed E-state index contributed by atoms with van der Waals surface area (Å²) in [6.45, 7) is 5.56. The fraction of sp³-hybridized carbons (Fsp3) is 0.556. The summed E-state index contributed by atoms with van der Waals surface area (Å²) in [6.07, 6.45) is 0. The molecule has 1 aromatic rings. The number of hydrogen-bond acceptors (Lipinski definition) is 9. The average Bonchev–Trinajstić information content (AvgIpc) is 2.41. The number of aromatic nitrogens is 3. The molecular formula is C9H16N6O3. The van der Waals surface area contributed by atoms with Crippen molar-refractivity contribution in [1.29, 1.82) is 0 Å². The molecule has 0 atom stereocenters. The first-order valence-corrected chi connectivity index (χ1v) is 5.23. The molecule has 1 heterocycles. The zero-order valence-corrected chi connectivity index (χ0v) is 10.3. The number of rotatable bonds is 8. The van der Waals surface area contributed by atoms with Gasteiger partial charge in [-0.1, -0.05) is 0 Å². The van der Waals surface area contributed by atoms with Crippen molar-refractivity contribution in [2.45, 2.75) is 13.5 Å². The van der Waals surface area contributed by atoms with Gasteiger partial charge in [0.2, 0.25) is 5.95 Å². The maximum Gasteiger partial charge on any atom is 0.254 e. The topological polar surface area (TPSA) is 105 Å². The first-order valence-electron chi connectivity index (χ1n) is 5.23. The summed E-state index contributed by atoms with van der Waals surface area (Å²) in [7, 11) is 1.53. The van der Waals surface area contributed by atoms with E-state index < -0.39 is 0 Å². The SMILES string of the molecule is C=NOCc1nc(NCOC)nc(N(O)CC)n1. The summed E-state index contributed by atoms with van der Waals surface area (Å²) in [5, 5.41) is 16.5. The Morgan fingerprint density at radius 1 is 1.44 bits per heavy atom. The molecule has 0 aliphatic carbocycles. The van der Waals surface area contributed by atoms with E-state index >= 15 is 0 Å². The number of oxime groups is 1. The van der Waals surface area contributed by atoms with Crippen molar-refractivity contribution < 1.29 is 14.8 Å². The van der Waals surface area contributed by atoms with Crippen LogP contribution in [0, 0.1) is 0 Å². The summed E-state index contributed by atoms with van der Waals surface area (Å²) in [5.74, 6) is 0.712. The fourth-order valence-corrected chi connectivity index (χ4v) is 1.05. The highest BCUT2D eigenvalue weighted by Crippen LogP contribution is 2.09. The summed E-state index contributed by atoms with van der Waals surface area (Å²) < 4.78 is 4.85. The van der Waals surface area contributed by atoms with E-state index in [2.05, 4.69) is 32.1 Å². The van der Waals surface area contributed by atoms with Crippen LogP contribution in [-0.2, 0) is 16.2 Å². The minimum Gasteiger partial charge on any atom is -0.388 e. The van der Waals surface area contributed by atoms with E-state index in [4.69, 9.17) is 9.57 Å². The Kier molecular flexibility index (Phi) is 5.74. The molecule has 0 saturated heterocycles. The second-order valence-electron chi connectivity index (χ2n) is 3.10. The number of ether oxygens (including phenoxy) is 1. The van der Waals surface area contributed by atoms with E-state index in [0.717, 1.165) is 5.06 Å². The number of anilines is 2. The zero-order chi connectivity index (χ0) is 13.4. The Bertz CT molecular complexity index is 389. The normalized spacial score (nSPS) is 9.94. The standard InChI is InChI=1S/C9H16N6O3/c1-4-15(16)9-13-7(5-18-10-2)12-8(14-9)11-6-17-3/h16H,2,4-6H2,1,3H3,(H,11,12,13,14). The third kappa shape index (κ3) is 4.11. The molecule has 2 N–H and O–H groups in total. The quantitative estimate of drug-likeness (QED) is 0.387. The van der Waals surface area contributed by atoms with Crippen molar-refractivity contribution in [2.75, 3.05) is 30.8 Å². The monoisotopic (exact) mass is 256 g/mol. The molecule has 0 radical (unpaired) electrons. The highest BCUT2D eigenvalue weighted by Gasteiger charge is 2.10. The summed E-state index contributed by atoms with van der Waals surface area (Å²) in [5.41, 5.74) is 0. The Morgan fingerprint density at radius 2 is 2.22 bits per heavy atom. The van der Waals surface area contributed by atoms with Gasteiger partial charge in [0.05, 0.1) is 0 Å². The molecule has 0 aliphatic rings. The average molecular weight is 256 g/mol. The number of hydroxylamine groups is 1.